The number of likely N-dealkylation sites (tertiary alicyclic amines) is 1. The SMILES string of the molecule is CC(N)C1CCCCN1C(=O)CN(C)C(=O)c1ccc(Br)s1. The van der Waals surface area contributed by atoms with E-state index in [2.05, 4.69) is 15.9 Å². The van der Waals surface area contributed by atoms with Gasteiger partial charge in [0.25, 0.3) is 5.91 Å². The summed E-state index contributed by atoms with van der Waals surface area (Å²) in [5, 5.41) is 0. The van der Waals surface area contributed by atoms with Gasteiger partial charge in [0.05, 0.1) is 15.2 Å². The molecule has 2 heterocycles. The predicted molar refractivity (Wildman–Crippen MR) is 92.0 cm³/mol. The van der Waals surface area contributed by atoms with Crippen LogP contribution in [0.3, 0.4) is 0 Å². The molecule has 1 saturated heterocycles. The van der Waals surface area contributed by atoms with Crippen LogP contribution in [0.1, 0.15) is 35.9 Å². The van der Waals surface area contributed by atoms with Gasteiger partial charge in [0.1, 0.15) is 0 Å². The Bertz CT molecular complexity index is 547. The van der Waals surface area contributed by atoms with E-state index in [0.29, 0.717) is 4.88 Å². The van der Waals surface area contributed by atoms with Crippen molar-refractivity contribution < 1.29 is 9.59 Å². The Morgan fingerprint density at radius 1 is 1.50 bits per heavy atom. The summed E-state index contributed by atoms with van der Waals surface area (Å²) in [6.45, 7) is 2.77. The number of likely N-dealkylation sites (N-methyl/N-ethyl adjacent to an activating group) is 1. The maximum Gasteiger partial charge on any atom is 0.264 e. The third-order valence-electron chi connectivity index (χ3n) is 3.98. The van der Waals surface area contributed by atoms with Gasteiger partial charge in [-0.2, -0.15) is 0 Å². The molecule has 2 unspecified atom stereocenters. The number of hydrogen-bond donors (Lipinski definition) is 1. The molecule has 1 aliphatic rings. The molecule has 0 spiro atoms. The summed E-state index contributed by atoms with van der Waals surface area (Å²) >= 11 is 4.72. The lowest BCUT2D eigenvalue weighted by Crippen LogP contribution is -2.54. The maximum absolute atomic E-state index is 12.5. The zero-order valence-corrected chi connectivity index (χ0v) is 15.3. The first-order valence-electron chi connectivity index (χ1n) is 7.46. The normalized spacial score (nSPS) is 19.8. The van der Waals surface area contributed by atoms with Crippen LogP contribution < -0.4 is 5.73 Å². The van der Waals surface area contributed by atoms with Gasteiger partial charge in [0, 0.05) is 25.7 Å². The second-order valence-electron chi connectivity index (χ2n) is 5.77. The zero-order chi connectivity index (χ0) is 16.3. The van der Waals surface area contributed by atoms with Gasteiger partial charge in [0.15, 0.2) is 0 Å². The van der Waals surface area contributed by atoms with E-state index in [-0.39, 0.29) is 30.4 Å². The van der Waals surface area contributed by atoms with Crippen LogP contribution in [0.25, 0.3) is 0 Å². The Kier molecular flexibility index (Phi) is 6.00. The number of thiophene rings is 1. The summed E-state index contributed by atoms with van der Waals surface area (Å²) < 4.78 is 0.906. The molecule has 122 valence electrons. The molecule has 0 aromatic carbocycles. The molecular formula is C15H22BrN3O2S. The monoisotopic (exact) mass is 387 g/mol. The second-order valence-corrected chi connectivity index (χ2v) is 8.24. The number of carbonyl (C=O) groups excluding carboxylic acids is 2. The molecule has 1 fully saturated rings. The molecule has 7 heteroatoms. The first-order valence-corrected chi connectivity index (χ1v) is 9.07. The minimum absolute atomic E-state index is 0.0199. The summed E-state index contributed by atoms with van der Waals surface area (Å²) in [4.78, 5) is 28.8. The number of amides is 2. The topological polar surface area (TPSA) is 66.6 Å². The average Bonchev–Trinajstić information content (AvgIpc) is 2.92. The van der Waals surface area contributed by atoms with Crippen LogP contribution in [0.5, 0.6) is 0 Å². The number of halogens is 1. The van der Waals surface area contributed by atoms with E-state index >= 15 is 0 Å². The van der Waals surface area contributed by atoms with Crippen LogP contribution in [-0.2, 0) is 4.79 Å². The molecule has 1 aromatic heterocycles. The molecule has 0 radical (unpaired) electrons. The molecule has 0 saturated carbocycles. The summed E-state index contributed by atoms with van der Waals surface area (Å²) in [7, 11) is 1.67. The van der Waals surface area contributed by atoms with Crippen molar-refractivity contribution >= 4 is 39.1 Å². The van der Waals surface area contributed by atoms with E-state index in [1.54, 1.807) is 13.1 Å². The fraction of sp³-hybridized carbons (Fsp3) is 0.600. The number of rotatable bonds is 4. The number of piperidine rings is 1. The zero-order valence-electron chi connectivity index (χ0n) is 12.9. The molecule has 1 aliphatic heterocycles. The first kappa shape index (κ1) is 17.4. The Balaban J connectivity index is 1.99. The third kappa shape index (κ3) is 4.08. The van der Waals surface area contributed by atoms with Gasteiger partial charge < -0.3 is 15.5 Å². The molecule has 0 bridgehead atoms. The largest absolute Gasteiger partial charge is 0.337 e. The van der Waals surface area contributed by atoms with E-state index in [1.807, 2.05) is 17.9 Å². The van der Waals surface area contributed by atoms with Gasteiger partial charge in [-0.1, -0.05) is 0 Å². The van der Waals surface area contributed by atoms with E-state index in [9.17, 15) is 9.59 Å². The first-order chi connectivity index (χ1) is 10.4. The van der Waals surface area contributed by atoms with E-state index in [0.717, 1.165) is 29.6 Å². The predicted octanol–water partition coefficient (Wildman–Crippen LogP) is 2.31. The molecule has 5 nitrogen and oxygen atoms in total. The van der Waals surface area contributed by atoms with Gasteiger partial charge in [-0.05, 0) is 54.2 Å². The number of hydrogen-bond acceptors (Lipinski definition) is 4. The van der Waals surface area contributed by atoms with Crippen molar-refractivity contribution in [1.29, 1.82) is 0 Å². The second kappa shape index (κ2) is 7.57. The van der Waals surface area contributed by atoms with Crippen LogP contribution in [0, 0.1) is 0 Å². The maximum atomic E-state index is 12.5. The molecule has 2 amide bonds. The highest BCUT2D eigenvalue weighted by molar-refractivity contribution is 9.11. The Labute approximate surface area is 143 Å². The molecule has 22 heavy (non-hydrogen) atoms. The molecule has 1 aromatic rings. The third-order valence-corrected chi connectivity index (χ3v) is 5.59. The van der Waals surface area contributed by atoms with Crippen LogP contribution in [0.2, 0.25) is 0 Å². The van der Waals surface area contributed by atoms with Crippen LogP contribution >= 0.6 is 27.3 Å². The molecule has 2 rings (SSSR count). The lowest BCUT2D eigenvalue weighted by molar-refractivity contribution is -0.135. The summed E-state index contributed by atoms with van der Waals surface area (Å²) in [6.07, 6.45) is 3.05. The highest BCUT2D eigenvalue weighted by Gasteiger charge is 2.30. The smallest absolute Gasteiger partial charge is 0.264 e. The Morgan fingerprint density at radius 3 is 2.82 bits per heavy atom. The Hall–Kier alpha value is -0.920. The number of nitrogens with two attached hydrogens (primary N) is 1. The molecular weight excluding hydrogens is 366 g/mol. The highest BCUT2D eigenvalue weighted by Crippen LogP contribution is 2.23. The van der Waals surface area contributed by atoms with Gasteiger partial charge in [-0.3, -0.25) is 9.59 Å². The number of carbonyl (C=O) groups is 2. The van der Waals surface area contributed by atoms with Crippen molar-refractivity contribution in [3.05, 3.63) is 20.8 Å². The van der Waals surface area contributed by atoms with Gasteiger partial charge >= 0.3 is 0 Å². The fourth-order valence-electron chi connectivity index (χ4n) is 2.80. The van der Waals surface area contributed by atoms with E-state index in [1.165, 1.54) is 16.2 Å². The lowest BCUT2D eigenvalue weighted by Gasteiger charge is -2.38. The molecule has 0 aliphatic carbocycles. The van der Waals surface area contributed by atoms with Crippen molar-refractivity contribution in [1.82, 2.24) is 9.80 Å². The number of nitrogens with zero attached hydrogens (tertiary/aromatic N) is 2. The van der Waals surface area contributed by atoms with Crippen molar-refractivity contribution in [3.8, 4) is 0 Å². The summed E-state index contributed by atoms with van der Waals surface area (Å²) in [6, 6.07) is 3.65. The van der Waals surface area contributed by atoms with Gasteiger partial charge in [-0.15, -0.1) is 11.3 Å². The van der Waals surface area contributed by atoms with E-state index in [4.69, 9.17) is 5.73 Å². The van der Waals surface area contributed by atoms with Crippen molar-refractivity contribution in [2.75, 3.05) is 20.1 Å². The van der Waals surface area contributed by atoms with Crippen molar-refractivity contribution in [2.24, 2.45) is 5.73 Å². The van der Waals surface area contributed by atoms with Crippen molar-refractivity contribution in [3.63, 3.8) is 0 Å². The average molecular weight is 388 g/mol. The quantitative estimate of drug-likeness (QED) is 0.861. The Morgan fingerprint density at radius 2 is 2.23 bits per heavy atom. The summed E-state index contributed by atoms with van der Waals surface area (Å²) in [5.74, 6) is -0.146. The highest BCUT2D eigenvalue weighted by atomic mass is 79.9. The van der Waals surface area contributed by atoms with Crippen LogP contribution in [0.15, 0.2) is 15.9 Å². The van der Waals surface area contributed by atoms with Crippen LogP contribution in [-0.4, -0.2) is 53.8 Å². The fourth-order valence-corrected chi connectivity index (χ4v) is 4.18. The van der Waals surface area contributed by atoms with Gasteiger partial charge in [0.2, 0.25) is 5.91 Å². The molecule has 2 atom stereocenters. The molecule has 2 N–H and O–H groups in total. The minimum atomic E-state index is -0.126. The summed E-state index contributed by atoms with van der Waals surface area (Å²) in [5.41, 5.74) is 6.00. The minimum Gasteiger partial charge on any atom is -0.337 e. The van der Waals surface area contributed by atoms with Gasteiger partial charge in [-0.25, -0.2) is 0 Å². The van der Waals surface area contributed by atoms with E-state index < -0.39 is 0 Å². The van der Waals surface area contributed by atoms with Crippen molar-refractivity contribution in [2.45, 2.75) is 38.3 Å². The standard InChI is InChI=1S/C15H22BrN3O2S/c1-10(17)11-5-3-4-8-19(11)14(20)9-18(2)15(21)12-6-7-13(16)22-12/h6-7,10-11H,3-5,8-9,17H2,1-2H3. The van der Waals surface area contributed by atoms with Crippen LogP contribution in [0.4, 0.5) is 0 Å². The lowest BCUT2D eigenvalue weighted by atomic mass is 9.97.